The predicted octanol–water partition coefficient (Wildman–Crippen LogP) is 2.65. The first-order chi connectivity index (χ1) is 10.2. The van der Waals surface area contributed by atoms with E-state index >= 15 is 0 Å². The van der Waals surface area contributed by atoms with Crippen LogP contribution in [0.1, 0.15) is 63.0 Å². The van der Waals surface area contributed by atoms with E-state index in [1.54, 1.807) is 6.20 Å². The van der Waals surface area contributed by atoms with Crippen molar-refractivity contribution in [3.05, 3.63) is 12.0 Å². The maximum Gasteiger partial charge on any atom is 0.301 e. The van der Waals surface area contributed by atoms with Gasteiger partial charge in [0.1, 0.15) is 11.3 Å². The molecule has 0 radical (unpaired) electrons. The van der Waals surface area contributed by atoms with Gasteiger partial charge in [-0.15, -0.1) is 0 Å². The number of rotatable bonds is 4. The van der Waals surface area contributed by atoms with E-state index in [-0.39, 0.29) is 11.9 Å². The minimum absolute atomic E-state index is 0.229. The lowest BCUT2D eigenvalue weighted by Gasteiger charge is -2.38. The summed E-state index contributed by atoms with van der Waals surface area (Å²) in [6.45, 7) is 0. The number of nitriles is 1. The molecule has 0 aromatic carbocycles. The van der Waals surface area contributed by atoms with E-state index in [2.05, 4.69) is 15.6 Å². The molecular weight excluding hydrogens is 268 g/mol. The molecule has 0 bridgehead atoms. The number of oxazole rings is 1. The van der Waals surface area contributed by atoms with Crippen molar-refractivity contribution >= 4 is 11.9 Å². The van der Waals surface area contributed by atoms with E-state index in [9.17, 15) is 4.79 Å². The van der Waals surface area contributed by atoms with Crippen molar-refractivity contribution in [2.24, 2.45) is 0 Å². The van der Waals surface area contributed by atoms with Crippen LogP contribution in [-0.4, -0.2) is 16.4 Å². The highest BCUT2D eigenvalue weighted by molar-refractivity contribution is 5.97. The maximum atomic E-state index is 12.3. The lowest BCUT2D eigenvalue weighted by Crippen LogP contribution is -2.57. The Bertz CT molecular complexity index is 550. The highest BCUT2D eigenvalue weighted by Gasteiger charge is 2.44. The second-order valence-electron chi connectivity index (χ2n) is 6.03. The Hall–Kier alpha value is -2.03. The molecule has 3 rings (SSSR count). The van der Waals surface area contributed by atoms with Gasteiger partial charge in [0.2, 0.25) is 0 Å². The van der Waals surface area contributed by atoms with Crippen molar-refractivity contribution < 1.29 is 9.21 Å². The number of hydrogen-bond donors (Lipinski definition) is 2. The summed E-state index contributed by atoms with van der Waals surface area (Å²) in [6.07, 6.45) is 11.9. The van der Waals surface area contributed by atoms with Crippen LogP contribution in [0, 0.1) is 11.5 Å². The molecule has 0 unspecified atom stereocenters. The average Bonchev–Trinajstić information content (AvgIpc) is 2.92. The summed E-state index contributed by atoms with van der Waals surface area (Å²) in [6, 6.07) is 0.242. The molecule has 2 saturated carbocycles. The Balaban J connectivity index is 1.64. The lowest BCUT2D eigenvalue weighted by atomic mass is 9.76. The average molecular weight is 288 g/mol. The largest absolute Gasteiger partial charge is 0.428 e. The minimum Gasteiger partial charge on any atom is -0.428 e. The fourth-order valence-corrected chi connectivity index (χ4v) is 3.18. The van der Waals surface area contributed by atoms with Crippen LogP contribution >= 0.6 is 0 Å². The molecule has 1 aromatic rings. The van der Waals surface area contributed by atoms with Crippen LogP contribution < -0.4 is 10.6 Å². The number of carbonyl (C=O) groups is 1. The van der Waals surface area contributed by atoms with E-state index in [0.29, 0.717) is 18.8 Å². The van der Waals surface area contributed by atoms with Gasteiger partial charge >= 0.3 is 6.01 Å². The van der Waals surface area contributed by atoms with Crippen molar-refractivity contribution in [1.82, 2.24) is 10.3 Å². The van der Waals surface area contributed by atoms with Crippen LogP contribution in [-0.2, 0) is 4.79 Å². The Morgan fingerprint density at radius 2 is 2.10 bits per heavy atom. The molecule has 2 fully saturated rings. The quantitative estimate of drug-likeness (QED) is 0.656. The number of hydrogen-bond acceptors (Lipinski definition) is 5. The molecule has 1 heterocycles. The van der Waals surface area contributed by atoms with Crippen LogP contribution in [0.2, 0.25) is 0 Å². The van der Waals surface area contributed by atoms with Crippen LogP contribution in [0.3, 0.4) is 0 Å². The summed E-state index contributed by atoms with van der Waals surface area (Å²) in [4.78, 5) is 16.4. The van der Waals surface area contributed by atoms with Gasteiger partial charge in [0.05, 0.1) is 6.20 Å². The second-order valence-corrected chi connectivity index (χ2v) is 6.03. The zero-order valence-corrected chi connectivity index (χ0v) is 12.0. The number of aromatic nitrogens is 1. The van der Waals surface area contributed by atoms with Gasteiger partial charge in [-0.1, -0.05) is 19.3 Å². The first-order valence-electron chi connectivity index (χ1n) is 7.67. The van der Waals surface area contributed by atoms with Crippen molar-refractivity contribution in [2.75, 3.05) is 5.32 Å². The van der Waals surface area contributed by atoms with Crippen LogP contribution in [0.25, 0.3) is 0 Å². The van der Waals surface area contributed by atoms with Crippen LogP contribution in [0.4, 0.5) is 6.01 Å². The van der Waals surface area contributed by atoms with Gasteiger partial charge in [-0.3, -0.25) is 10.1 Å². The third-order valence-electron chi connectivity index (χ3n) is 4.69. The molecule has 0 saturated heterocycles. The van der Waals surface area contributed by atoms with Crippen molar-refractivity contribution in [1.29, 1.82) is 5.26 Å². The van der Waals surface area contributed by atoms with E-state index in [4.69, 9.17) is 9.68 Å². The standard InChI is InChI=1S/C15H20N4O2/c16-10-18-15(7-4-8-15)13(20)19-14-17-9-12(21-14)11-5-2-1-3-6-11/h9,11,18H,1-8H2,(H,17,19,20). The molecule has 0 atom stereocenters. The number of anilines is 1. The maximum absolute atomic E-state index is 12.3. The third-order valence-corrected chi connectivity index (χ3v) is 4.69. The summed E-state index contributed by atoms with van der Waals surface area (Å²) in [5.41, 5.74) is -0.770. The molecule has 0 aliphatic heterocycles. The minimum atomic E-state index is -0.770. The zero-order valence-electron chi connectivity index (χ0n) is 12.0. The molecule has 1 aromatic heterocycles. The number of nitrogens with zero attached hydrogens (tertiary/aromatic N) is 2. The van der Waals surface area contributed by atoms with Gasteiger partial charge in [-0.05, 0) is 32.1 Å². The Kier molecular flexibility index (Phi) is 3.82. The first kappa shape index (κ1) is 13.9. The fourth-order valence-electron chi connectivity index (χ4n) is 3.18. The predicted molar refractivity (Wildman–Crippen MR) is 76.3 cm³/mol. The van der Waals surface area contributed by atoms with E-state index in [1.165, 1.54) is 19.3 Å². The van der Waals surface area contributed by atoms with Gasteiger partial charge < -0.3 is 9.73 Å². The molecule has 2 aliphatic carbocycles. The highest BCUT2D eigenvalue weighted by Crippen LogP contribution is 2.35. The van der Waals surface area contributed by atoms with Crippen molar-refractivity contribution in [3.63, 3.8) is 0 Å². The van der Waals surface area contributed by atoms with Crippen LogP contribution in [0.15, 0.2) is 10.6 Å². The Morgan fingerprint density at radius 3 is 2.71 bits per heavy atom. The summed E-state index contributed by atoms with van der Waals surface area (Å²) < 4.78 is 5.68. The molecule has 6 nitrogen and oxygen atoms in total. The lowest BCUT2D eigenvalue weighted by molar-refractivity contribution is -0.125. The van der Waals surface area contributed by atoms with Gasteiger partial charge in [-0.2, -0.15) is 5.26 Å². The number of amides is 1. The topological polar surface area (TPSA) is 91.0 Å². The van der Waals surface area contributed by atoms with E-state index in [1.807, 2.05) is 6.19 Å². The smallest absolute Gasteiger partial charge is 0.301 e. The van der Waals surface area contributed by atoms with Gasteiger partial charge in [-0.25, -0.2) is 4.98 Å². The van der Waals surface area contributed by atoms with Gasteiger partial charge in [0.15, 0.2) is 6.19 Å². The van der Waals surface area contributed by atoms with E-state index < -0.39 is 5.54 Å². The van der Waals surface area contributed by atoms with Crippen molar-refractivity contribution in [3.8, 4) is 6.19 Å². The molecule has 21 heavy (non-hydrogen) atoms. The summed E-state index contributed by atoms with van der Waals surface area (Å²) >= 11 is 0. The molecule has 1 amide bonds. The van der Waals surface area contributed by atoms with E-state index in [0.717, 1.165) is 25.0 Å². The van der Waals surface area contributed by atoms with Gasteiger partial charge in [0.25, 0.3) is 5.91 Å². The number of carbonyl (C=O) groups excluding carboxylic acids is 1. The second kappa shape index (κ2) is 5.76. The monoisotopic (exact) mass is 288 g/mol. The Morgan fingerprint density at radius 1 is 1.33 bits per heavy atom. The van der Waals surface area contributed by atoms with Crippen molar-refractivity contribution in [2.45, 2.75) is 62.8 Å². The summed E-state index contributed by atoms with van der Waals surface area (Å²) in [5.74, 6) is 1.06. The molecular formula is C15H20N4O2. The molecule has 2 aliphatic rings. The summed E-state index contributed by atoms with van der Waals surface area (Å²) in [7, 11) is 0. The molecule has 2 N–H and O–H groups in total. The molecule has 6 heteroatoms. The highest BCUT2D eigenvalue weighted by atomic mass is 16.4. The molecule has 0 spiro atoms. The first-order valence-corrected chi connectivity index (χ1v) is 7.67. The van der Waals surface area contributed by atoms with Crippen LogP contribution in [0.5, 0.6) is 0 Å². The molecule has 112 valence electrons. The SMILES string of the molecule is N#CNC1(C(=O)Nc2ncc(C3CCCCC3)o2)CCC1. The van der Waals surface area contributed by atoms with Gasteiger partial charge in [0, 0.05) is 5.92 Å². The fraction of sp³-hybridized carbons (Fsp3) is 0.667. The third kappa shape index (κ3) is 2.73. The summed E-state index contributed by atoms with van der Waals surface area (Å²) in [5, 5.41) is 14.1. The number of nitrogens with one attached hydrogen (secondary N) is 2. The zero-order chi connectivity index (χ0) is 14.7. The normalized spacial score (nSPS) is 21.1. The Labute approximate surface area is 123 Å².